The number of furan rings is 1. The summed E-state index contributed by atoms with van der Waals surface area (Å²) in [7, 11) is 4.08. The van der Waals surface area contributed by atoms with E-state index in [1.165, 1.54) is 51.7 Å². The number of carbonyl (C=O) groups is 2. The molecular formula is C20H18FNO6. The number of anilines is 1. The van der Waals surface area contributed by atoms with Gasteiger partial charge >= 0.3 is 5.97 Å². The third-order valence-electron chi connectivity index (χ3n) is 4.28. The molecule has 0 spiro atoms. The Labute approximate surface area is 160 Å². The molecule has 0 bridgehead atoms. The van der Waals surface area contributed by atoms with E-state index in [1.807, 2.05) is 0 Å². The largest absolute Gasteiger partial charge is 0.493 e. The minimum Gasteiger partial charge on any atom is -0.493 e. The minimum atomic E-state index is -0.667. The molecular weight excluding hydrogens is 369 g/mol. The van der Waals surface area contributed by atoms with Gasteiger partial charge in [0.25, 0.3) is 5.91 Å². The van der Waals surface area contributed by atoms with E-state index >= 15 is 0 Å². The third kappa shape index (κ3) is 3.36. The van der Waals surface area contributed by atoms with E-state index < -0.39 is 17.7 Å². The Morgan fingerprint density at radius 3 is 2.36 bits per heavy atom. The Kier molecular flexibility index (Phi) is 5.21. The van der Waals surface area contributed by atoms with Crippen molar-refractivity contribution in [2.75, 3.05) is 26.6 Å². The number of aryl methyl sites for hydroxylation is 1. The molecule has 2 aromatic carbocycles. The number of nitrogens with one attached hydrogen (secondary N) is 1. The van der Waals surface area contributed by atoms with Crippen LogP contribution in [-0.2, 0) is 4.74 Å². The van der Waals surface area contributed by atoms with Crippen molar-refractivity contribution in [3.63, 3.8) is 0 Å². The Morgan fingerprint density at radius 2 is 1.71 bits per heavy atom. The monoisotopic (exact) mass is 387 g/mol. The summed E-state index contributed by atoms with van der Waals surface area (Å²) in [5.41, 5.74) is 1.09. The fourth-order valence-electron chi connectivity index (χ4n) is 2.85. The molecule has 0 aliphatic heterocycles. The summed E-state index contributed by atoms with van der Waals surface area (Å²) in [5, 5.41) is 3.11. The van der Waals surface area contributed by atoms with Gasteiger partial charge in [-0.3, -0.25) is 4.79 Å². The number of hydrogen-bond donors (Lipinski definition) is 1. The molecule has 0 unspecified atom stereocenters. The zero-order chi connectivity index (χ0) is 20.4. The van der Waals surface area contributed by atoms with Crippen LogP contribution in [0.5, 0.6) is 11.5 Å². The first kappa shape index (κ1) is 19.2. The van der Waals surface area contributed by atoms with Crippen LogP contribution in [-0.4, -0.2) is 33.2 Å². The zero-order valence-corrected chi connectivity index (χ0v) is 15.7. The summed E-state index contributed by atoms with van der Waals surface area (Å²) >= 11 is 0. The second-order valence-corrected chi connectivity index (χ2v) is 5.90. The number of benzene rings is 2. The maximum atomic E-state index is 13.5. The third-order valence-corrected chi connectivity index (χ3v) is 4.28. The van der Waals surface area contributed by atoms with Crippen LogP contribution < -0.4 is 14.8 Å². The minimum absolute atomic E-state index is 0.00574. The van der Waals surface area contributed by atoms with Crippen LogP contribution >= 0.6 is 0 Å². The number of carbonyl (C=O) groups excluding carboxylic acids is 2. The zero-order valence-electron chi connectivity index (χ0n) is 15.7. The average Bonchev–Trinajstić information content (AvgIpc) is 3.03. The molecule has 0 fully saturated rings. The molecule has 8 heteroatoms. The first-order valence-electron chi connectivity index (χ1n) is 8.24. The number of amides is 1. The summed E-state index contributed by atoms with van der Waals surface area (Å²) in [4.78, 5) is 24.9. The number of halogens is 1. The van der Waals surface area contributed by atoms with Crippen LogP contribution in [0.15, 0.2) is 34.7 Å². The Hall–Kier alpha value is -3.55. The van der Waals surface area contributed by atoms with Crippen LogP contribution in [0.3, 0.4) is 0 Å². The van der Waals surface area contributed by atoms with Crippen LogP contribution in [0.2, 0.25) is 0 Å². The summed E-state index contributed by atoms with van der Waals surface area (Å²) in [6.07, 6.45) is 0. The maximum absolute atomic E-state index is 13.5. The van der Waals surface area contributed by atoms with Crippen molar-refractivity contribution in [1.82, 2.24) is 0 Å². The molecule has 1 aromatic heterocycles. The van der Waals surface area contributed by atoms with Crippen molar-refractivity contribution in [1.29, 1.82) is 0 Å². The van der Waals surface area contributed by atoms with Gasteiger partial charge in [0.2, 0.25) is 0 Å². The standard InChI is InChI=1S/C20H18FNO6/c1-10-12-7-11(21)5-6-15(12)28-18(10)19(23)22-14-9-17(26-3)16(25-2)8-13(14)20(24)27-4/h5-9H,1-4H3,(H,22,23). The smallest absolute Gasteiger partial charge is 0.340 e. The fourth-order valence-corrected chi connectivity index (χ4v) is 2.85. The first-order valence-corrected chi connectivity index (χ1v) is 8.24. The van der Waals surface area contributed by atoms with Gasteiger partial charge in [-0.2, -0.15) is 0 Å². The van der Waals surface area contributed by atoms with Crippen molar-refractivity contribution < 1.29 is 32.6 Å². The Bertz CT molecular complexity index is 1070. The van der Waals surface area contributed by atoms with Crippen LogP contribution in [0, 0.1) is 12.7 Å². The predicted molar refractivity (Wildman–Crippen MR) is 99.7 cm³/mol. The van der Waals surface area contributed by atoms with Crippen molar-refractivity contribution in [2.45, 2.75) is 6.92 Å². The first-order chi connectivity index (χ1) is 13.4. The number of rotatable bonds is 5. The highest BCUT2D eigenvalue weighted by molar-refractivity contribution is 6.09. The molecule has 0 saturated heterocycles. The van der Waals surface area contributed by atoms with Crippen LogP contribution in [0.1, 0.15) is 26.5 Å². The molecule has 3 rings (SSSR count). The van der Waals surface area contributed by atoms with Gasteiger partial charge in [0.05, 0.1) is 32.6 Å². The van der Waals surface area contributed by atoms with Crippen molar-refractivity contribution in [3.05, 3.63) is 53.0 Å². The summed E-state index contributed by atoms with van der Waals surface area (Å²) in [6.45, 7) is 1.65. The van der Waals surface area contributed by atoms with Crippen molar-refractivity contribution in [3.8, 4) is 11.5 Å². The maximum Gasteiger partial charge on any atom is 0.340 e. The molecule has 0 aliphatic rings. The van der Waals surface area contributed by atoms with Crippen molar-refractivity contribution >= 4 is 28.5 Å². The lowest BCUT2D eigenvalue weighted by Gasteiger charge is -2.14. The highest BCUT2D eigenvalue weighted by Crippen LogP contribution is 2.34. The van der Waals surface area contributed by atoms with E-state index in [1.54, 1.807) is 6.92 Å². The Morgan fingerprint density at radius 1 is 1.04 bits per heavy atom. The fraction of sp³-hybridized carbons (Fsp3) is 0.200. The summed E-state index contributed by atoms with van der Waals surface area (Å²) in [5.74, 6) is -1.08. The number of methoxy groups -OCH3 is 3. The highest BCUT2D eigenvalue weighted by Gasteiger charge is 2.23. The van der Waals surface area contributed by atoms with Gasteiger partial charge in [0.15, 0.2) is 17.3 Å². The van der Waals surface area contributed by atoms with Crippen LogP contribution in [0.4, 0.5) is 10.1 Å². The normalized spacial score (nSPS) is 10.6. The number of ether oxygens (including phenoxy) is 3. The molecule has 28 heavy (non-hydrogen) atoms. The average molecular weight is 387 g/mol. The quantitative estimate of drug-likeness (QED) is 0.668. The lowest BCUT2D eigenvalue weighted by Crippen LogP contribution is -2.16. The Balaban J connectivity index is 2.04. The summed E-state index contributed by atoms with van der Waals surface area (Å²) < 4.78 is 34.2. The number of hydrogen-bond acceptors (Lipinski definition) is 6. The van der Waals surface area contributed by atoms with E-state index in [-0.39, 0.29) is 17.0 Å². The van der Waals surface area contributed by atoms with E-state index in [0.717, 1.165) is 0 Å². The molecule has 146 valence electrons. The second-order valence-electron chi connectivity index (χ2n) is 5.90. The van der Waals surface area contributed by atoms with E-state index in [9.17, 15) is 14.0 Å². The predicted octanol–water partition coefficient (Wildman–Crippen LogP) is 3.94. The SMILES string of the molecule is COC(=O)c1cc(OC)c(OC)cc1NC(=O)c1oc2ccc(F)cc2c1C. The van der Waals surface area contributed by atoms with Gasteiger partial charge in [-0.1, -0.05) is 0 Å². The number of fused-ring (bicyclic) bond motifs is 1. The molecule has 1 heterocycles. The molecule has 1 amide bonds. The second kappa shape index (κ2) is 7.59. The van der Waals surface area contributed by atoms with Gasteiger partial charge in [0, 0.05) is 23.1 Å². The molecule has 7 nitrogen and oxygen atoms in total. The molecule has 0 radical (unpaired) electrons. The van der Waals surface area contributed by atoms with E-state index in [4.69, 9.17) is 18.6 Å². The number of esters is 1. The van der Waals surface area contributed by atoms with Gasteiger partial charge in [-0.05, 0) is 25.1 Å². The topological polar surface area (TPSA) is 87.0 Å². The lowest BCUT2D eigenvalue weighted by molar-refractivity contribution is 0.0601. The van der Waals surface area contributed by atoms with Crippen molar-refractivity contribution in [2.24, 2.45) is 0 Å². The van der Waals surface area contributed by atoms with E-state index in [2.05, 4.69) is 5.32 Å². The lowest BCUT2D eigenvalue weighted by atomic mass is 10.1. The van der Waals surface area contributed by atoms with Crippen LogP contribution in [0.25, 0.3) is 11.0 Å². The van der Waals surface area contributed by atoms with E-state index in [0.29, 0.717) is 28.0 Å². The van der Waals surface area contributed by atoms with Gasteiger partial charge in [-0.25, -0.2) is 9.18 Å². The van der Waals surface area contributed by atoms with Gasteiger partial charge < -0.3 is 23.9 Å². The molecule has 0 aliphatic carbocycles. The molecule has 0 saturated carbocycles. The molecule has 1 N–H and O–H groups in total. The highest BCUT2D eigenvalue weighted by atomic mass is 19.1. The summed E-state index contributed by atoms with van der Waals surface area (Å²) in [6, 6.07) is 6.84. The molecule has 0 atom stereocenters. The molecule has 3 aromatic rings. The van der Waals surface area contributed by atoms with Gasteiger partial charge in [0.1, 0.15) is 11.4 Å². The van der Waals surface area contributed by atoms with Gasteiger partial charge in [-0.15, -0.1) is 0 Å².